The molecule has 2 rings (SSSR count). The molecule has 0 radical (unpaired) electrons. The van der Waals surface area contributed by atoms with Crippen molar-refractivity contribution < 1.29 is 9.85 Å². The van der Waals surface area contributed by atoms with Crippen LogP contribution in [0.15, 0.2) is 48.1 Å². The summed E-state index contributed by atoms with van der Waals surface area (Å²) in [5.74, 6) is 0. The van der Waals surface area contributed by atoms with Crippen LogP contribution >= 0.6 is 22.0 Å². The van der Waals surface area contributed by atoms with Gasteiger partial charge in [0.05, 0.1) is 22.2 Å². The Balaban J connectivity index is 1.90. The lowest BCUT2D eigenvalue weighted by Crippen LogP contribution is -2.17. The van der Waals surface area contributed by atoms with E-state index in [9.17, 15) is 20.2 Å². The lowest BCUT2D eigenvalue weighted by molar-refractivity contribution is -0.420. The maximum Gasteiger partial charge on any atom is 0.285 e. The van der Waals surface area contributed by atoms with E-state index in [0.717, 1.165) is 0 Å². The van der Waals surface area contributed by atoms with Crippen LogP contribution < -0.4 is 0 Å². The van der Waals surface area contributed by atoms with Crippen molar-refractivity contribution in [1.29, 1.82) is 0 Å². The standard InChI is InChI=1S/C10H10N4O4S2/c15-13(16)9-3-1-5-11(7-9)19-20-12-6-2-4-10(8-12)14(17)18/h1-4,7-8H,5-6H2. The Labute approximate surface area is 122 Å². The average Bonchev–Trinajstić information content (AvgIpc) is 2.45. The molecule has 0 aromatic heterocycles. The van der Waals surface area contributed by atoms with Crippen LogP contribution in [0.1, 0.15) is 0 Å². The molecule has 0 atom stereocenters. The summed E-state index contributed by atoms with van der Waals surface area (Å²) in [6.07, 6.45) is 9.18. The minimum atomic E-state index is -0.456. The van der Waals surface area contributed by atoms with Gasteiger partial charge in [-0.05, 0) is 0 Å². The van der Waals surface area contributed by atoms with Crippen LogP contribution in [0.2, 0.25) is 0 Å². The van der Waals surface area contributed by atoms with Crippen molar-refractivity contribution in [3.8, 4) is 0 Å². The molecule has 0 amide bonds. The number of nitro groups is 2. The highest BCUT2D eigenvalue weighted by Gasteiger charge is 2.18. The second kappa shape index (κ2) is 6.48. The van der Waals surface area contributed by atoms with Crippen molar-refractivity contribution >= 4 is 22.0 Å². The van der Waals surface area contributed by atoms with Crippen molar-refractivity contribution in [2.75, 3.05) is 13.1 Å². The highest BCUT2D eigenvalue weighted by Crippen LogP contribution is 2.33. The monoisotopic (exact) mass is 314 g/mol. The molecule has 0 saturated carbocycles. The predicted octanol–water partition coefficient (Wildman–Crippen LogP) is 2.18. The first-order valence-electron chi connectivity index (χ1n) is 5.50. The molecule has 20 heavy (non-hydrogen) atoms. The highest BCUT2D eigenvalue weighted by atomic mass is 33.1. The van der Waals surface area contributed by atoms with E-state index in [1.807, 2.05) is 0 Å². The Morgan fingerprint density at radius 3 is 1.65 bits per heavy atom. The van der Waals surface area contributed by atoms with E-state index in [-0.39, 0.29) is 11.4 Å². The molecule has 0 saturated heterocycles. The van der Waals surface area contributed by atoms with E-state index in [1.54, 1.807) is 20.8 Å². The summed E-state index contributed by atoms with van der Waals surface area (Å²) in [5, 5.41) is 21.3. The quantitative estimate of drug-likeness (QED) is 0.330. The van der Waals surface area contributed by atoms with Gasteiger partial charge in [0.2, 0.25) is 0 Å². The molecular formula is C10H10N4O4S2. The van der Waals surface area contributed by atoms with Crippen LogP contribution in [-0.4, -0.2) is 31.5 Å². The van der Waals surface area contributed by atoms with Gasteiger partial charge >= 0.3 is 0 Å². The van der Waals surface area contributed by atoms with E-state index in [2.05, 4.69) is 0 Å². The van der Waals surface area contributed by atoms with Crippen LogP contribution in [0, 0.1) is 20.2 Å². The van der Waals surface area contributed by atoms with Crippen molar-refractivity contribution in [3.05, 3.63) is 68.3 Å². The SMILES string of the molecule is O=[N+]([O-])C1=CN(SSN2C=C([N+](=O)[O-])C=CC2)CC=C1. The number of rotatable bonds is 5. The van der Waals surface area contributed by atoms with Crippen LogP contribution in [0.3, 0.4) is 0 Å². The first-order chi connectivity index (χ1) is 9.56. The number of allylic oxidation sites excluding steroid dienone is 2. The van der Waals surface area contributed by atoms with E-state index >= 15 is 0 Å². The van der Waals surface area contributed by atoms with Crippen LogP contribution in [0.4, 0.5) is 0 Å². The molecule has 10 heteroatoms. The molecule has 0 spiro atoms. The second-order valence-corrected chi connectivity index (χ2v) is 5.91. The summed E-state index contributed by atoms with van der Waals surface area (Å²) in [6, 6.07) is 0. The van der Waals surface area contributed by atoms with Gasteiger partial charge in [-0.2, -0.15) is 0 Å². The third kappa shape index (κ3) is 3.78. The predicted molar refractivity (Wildman–Crippen MR) is 77.0 cm³/mol. The largest absolute Gasteiger partial charge is 0.302 e. The van der Waals surface area contributed by atoms with Crippen molar-refractivity contribution in [2.45, 2.75) is 0 Å². The Hall–Kier alpha value is -1.94. The molecular weight excluding hydrogens is 304 g/mol. The Kier molecular flexibility index (Phi) is 4.69. The maximum atomic E-state index is 10.7. The molecule has 2 aliphatic rings. The summed E-state index contributed by atoms with van der Waals surface area (Å²) in [6.45, 7) is 1.09. The molecule has 0 aromatic rings. The van der Waals surface area contributed by atoms with Gasteiger partial charge in [-0.1, -0.05) is 12.2 Å². The van der Waals surface area contributed by atoms with Crippen LogP contribution in [-0.2, 0) is 0 Å². The molecule has 0 bridgehead atoms. The zero-order valence-electron chi connectivity index (χ0n) is 10.1. The average molecular weight is 314 g/mol. The minimum Gasteiger partial charge on any atom is -0.302 e. The number of hydrogen-bond donors (Lipinski definition) is 0. The fourth-order valence-corrected chi connectivity index (χ4v) is 3.35. The normalized spacial score (nSPS) is 17.8. The summed E-state index contributed by atoms with van der Waals surface area (Å²) in [7, 11) is 2.56. The third-order valence-corrected chi connectivity index (χ3v) is 4.65. The topological polar surface area (TPSA) is 92.8 Å². The Morgan fingerprint density at radius 2 is 1.30 bits per heavy atom. The Morgan fingerprint density at radius 1 is 0.900 bits per heavy atom. The lowest BCUT2D eigenvalue weighted by Gasteiger charge is -2.23. The first kappa shape index (κ1) is 14.5. The maximum absolute atomic E-state index is 10.7. The molecule has 0 aliphatic carbocycles. The fourth-order valence-electron chi connectivity index (χ4n) is 1.45. The van der Waals surface area contributed by atoms with E-state index in [0.29, 0.717) is 13.1 Å². The summed E-state index contributed by atoms with van der Waals surface area (Å²) >= 11 is 0. The molecule has 106 valence electrons. The number of hydrogen-bond acceptors (Lipinski definition) is 8. The molecule has 2 heterocycles. The summed E-state index contributed by atoms with van der Waals surface area (Å²) < 4.78 is 3.39. The van der Waals surface area contributed by atoms with Gasteiger partial charge in [-0.25, -0.2) is 0 Å². The van der Waals surface area contributed by atoms with Gasteiger partial charge in [-0.15, -0.1) is 0 Å². The summed E-state index contributed by atoms with van der Waals surface area (Å²) in [4.78, 5) is 20.4. The van der Waals surface area contributed by atoms with Gasteiger partial charge in [0.25, 0.3) is 11.4 Å². The smallest absolute Gasteiger partial charge is 0.285 e. The van der Waals surface area contributed by atoms with Crippen LogP contribution in [0.25, 0.3) is 0 Å². The lowest BCUT2D eigenvalue weighted by atomic mass is 10.3. The zero-order chi connectivity index (χ0) is 14.5. The van der Waals surface area contributed by atoms with Crippen molar-refractivity contribution in [3.63, 3.8) is 0 Å². The molecule has 8 nitrogen and oxygen atoms in total. The van der Waals surface area contributed by atoms with Gasteiger partial charge in [0.1, 0.15) is 0 Å². The van der Waals surface area contributed by atoms with Gasteiger partial charge in [0.15, 0.2) is 0 Å². The third-order valence-electron chi connectivity index (χ3n) is 2.35. The van der Waals surface area contributed by atoms with E-state index < -0.39 is 9.85 Å². The summed E-state index contributed by atoms with van der Waals surface area (Å²) in [5.41, 5.74) is 0.0359. The van der Waals surface area contributed by atoms with Crippen molar-refractivity contribution in [1.82, 2.24) is 8.61 Å². The fraction of sp³-hybridized carbons (Fsp3) is 0.200. The molecule has 2 aliphatic heterocycles. The molecule has 0 aromatic carbocycles. The van der Waals surface area contributed by atoms with Gasteiger partial charge < -0.3 is 8.61 Å². The first-order valence-corrected chi connectivity index (χ1v) is 7.56. The molecule has 0 unspecified atom stereocenters. The minimum absolute atomic E-state index is 0.0180. The van der Waals surface area contributed by atoms with Gasteiger partial charge in [0, 0.05) is 47.2 Å². The number of nitrogens with zero attached hydrogens (tertiary/aromatic N) is 4. The van der Waals surface area contributed by atoms with E-state index in [4.69, 9.17) is 0 Å². The molecule has 0 fully saturated rings. The van der Waals surface area contributed by atoms with Crippen molar-refractivity contribution in [2.24, 2.45) is 0 Å². The van der Waals surface area contributed by atoms with Crippen LogP contribution in [0.5, 0.6) is 0 Å². The second-order valence-electron chi connectivity index (χ2n) is 3.78. The molecule has 0 N–H and O–H groups in total. The highest BCUT2D eigenvalue weighted by molar-refractivity contribution is 8.74. The van der Waals surface area contributed by atoms with E-state index in [1.165, 1.54) is 46.5 Å². The zero-order valence-corrected chi connectivity index (χ0v) is 11.7. The Bertz CT molecular complexity index is 495. The van der Waals surface area contributed by atoms with Gasteiger partial charge in [-0.3, -0.25) is 20.2 Å².